The molecule has 0 saturated carbocycles. The lowest BCUT2D eigenvalue weighted by molar-refractivity contribution is -0.0681. The summed E-state index contributed by atoms with van der Waals surface area (Å²) in [5.74, 6) is 0.169. The summed E-state index contributed by atoms with van der Waals surface area (Å²) in [6, 6.07) is 32.0. The first kappa shape index (κ1) is 25.2. The van der Waals surface area contributed by atoms with Crippen LogP contribution in [-0.2, 0) is 6.42 Å². The number of nitrogens with zero attached hydrogens (tertiary/aromatic N) is 2. The predicted molar refractivity (Wildman–Crippen MR) is 139 cm³/mol. The van der Waals surface area contributed by atoms with Gasteiger partial charge in [-0.05, 0) is 50.7 Å². The summed E-state index contributed by atoms with van der Waals surface area (Å²) in [6.07, 6.45) is 3.60. The van der Waals surface area contributed by atoms with Gasteiger partial charge in [0.15, 0.2) is 0 Å². The number of hydrogen-bond acceptors (Lipinski definition) is 3. The van der Waals surface area contributed by atoms with E-state index in [0.717, 1.165) is 25.7 Å². The highest BCUT2D eigenvalue weighted by atomic mass is 16.3. The molecule has 4 atom stereocenters. The van der Waals surface area contributed by atoms with Crippen LogP contribution in [-0.4, -0.2) is 42.3 Å². The minimum absolute atomic E-state index is 0.0125. The maximum absolute atomic E-state index is 11.8. The van der Waals surface area contributed by atoms with Gasteiger partial charge in [0, 0.05) is 5.92 Å². The number of hydrogen-bond donors (Lipinski definition) is 1. The second-order valence-corrected chi connectivity index (χ2v) is 9.35. The fraction of sp³-hybridized carbons (Fsp3) is 0.400. The van der Waals surface area contributed by atoms with Gasteiger partial charge in [0.05, 0.1) is 12.1 Å². The lowest BCUT2D eigenvalue weighted by Crippen LogP contribution is -2.45. The van der Waals surface area contributed by atoms with E-state index < -0.39 is 6.23 Å². The summed E-state index contributed by atoms with van der Waals surface area (Å²) < 4.78 is 0. The Kier molecular flexibility index (Phi) is 9.68. The molecule has 3 aromatic rings. The Balaban J connectivity index is 1.97. The van der Waals surface area contributed by atoms with Crippen LogP contribution < -0.4 is 0 Å². The van der Waals surface area contributed by atoms with E-state index >= 15 is 0 Å². The summed E-state index contributed by atoms with van der Waals surface area (Å²) in [5.41, 5.74) is 3.76. The molecule has 0 aliphatic carbocycles. The number of likely N-dealkylation sites (N-methyl/N-ethyl adjacent to an activating group) is 2. The lowest BCUT2D eigenvalue weighted by atomic mass is 9.87. The smallest absolute Gasteiger partial charge is 0.110 e. The Morgan fingerprint density at radius 3 is 1.67 bits per heavy atom. The van der Waals surface area contributed by atoms with Crippen LogP contribution in [0.2, 0.25) is 0 Å². The standard InChI is InChI=1S/C30H40N2O/c1-5-6-18-27(23-24-16-10-7-11-17-24)30(33)32(4)29(26-21-14-9-15-22-26)28(31(2)3)25-19-12-8-13-20-25/h7-17,19-22,27-30,33H,5-6,18,23H2,1-4H3/t27-,28+,29+,30?/m1/s1. The minimum Gasteiger partial charge on any atom is -0.378 e. The zero-order valence-electron chi connectivity index (χ0n) is 20.6. The van der Waals surface area contributed by atoms with Crippen LogP contribution in [0.15, 0.2) is 91.0 Å². The van der Waals surface area contributed by atoms with Crippen LogP contribution in [0.3, 0.4) is 0 Å². The lowest BCUT2D eigenvalue weighted by Gasteiger charge is -2.43. The van der Waals surface area contributed by atoms with Crippen molar-refractivity contribution in [3.63, 3.8) is 0 Å². The average Bonchev–Trinajstić information content (AvgIpc) is 2.85. The van der Waals surface area contributed by atoms with Gasteiger partial charge in [0.25, 0.3) is 0 Å². The molecule has 33 heavy (non-hydrogen) atoms. The molecule has 0 aromatic heterocycles. The van der Waals surface area contributed by atoms with Crippen molar-refractivity contribution in [3.8, 4) is 0 Å². The van der Waals surface area contributed by atoms with Gasteiger partial charge in [0.2, 0.25) is 0 Å². The average molecular weight is 445 g/mol. The van der Waals surface area contributed by atoms with Gasteiger partial charge in [-0.1, -0.05) is 111 Å². The Morgan fingerprint density at radius 1 is 0.697 bits per heavy atom. The zero-order valence-corrected chi connectivity index (χ0v) is 20.6. The normalized spacial score (nSPS) is 15.4. The Morgan fingerprint density at radius 2 is 1.18 bits per heavy atom. The molecule has 0 amide bonds. The number of aliphatic hydroxyl groups is 1. The first-order chi connectivity index (χ1) is 16.0. The molecule has 0 radical (unpaired) electrons. The molecule has 0 aliphatic rings. The van der Waals surface area contributed by atoms with Crippen LogP contribution in [0, 0.1) is 5.92 Å². The molecule has 3 rings (SSSR count). The molecule has 0 saturated heterocycles. The van der Waals surface area contributed by atoms with E-state index in [1.165, 1.54) is 16.7 Å². The molecule has 3 nitrogen and oxygen atoms in total. The summed E-state index contributed by atoms with van der Waals surface area (Å²) in [4.78, 5) is 4.48. The molecule has 0 fully saturated rings. The molecular weight excluding hydrogens is 404 g/mol. The van der Waals surface area contributed by atoms with Crippen molar-refractivity contribution in [2.75, 3.05) is 21.1 Å². The van der Waals surface area contributed by atoms with Gasteiger partial charge in [-0.2, -0.15) is 0 Å². The van der Waals surface area contributed by atoms with Crippen molar-refractivity contribution in [1.82, 2.24) is 9.80 Å². The van der Waals surface area contributed by atoms with Crippen LogP contribution in [0.1, 0.15) is 55.0 Å². The molecule has 176 valence electrons. The largest absolute Gasteiger partial charge is 0.378 e. The third-order valence-corrected chi connectivity index (χ3v) is 6.68. The molecule has 1 N–H and O–H groups in total. The second-order valence-electron chi connectivity index (χ2n) is 9.35. The SMILES string of the molecule is CCCC[C@H](Cc1ccccc1)C(O)N(C)[C@@H](c1ccccc1)[C@H](c1ccccc1)N(C)C. The molecule has 1 unspecified atom stereocenters. The number of aliphatic hydroxyl groups excluding tert-OH is 1. The number of unbranched alkanes of at least 4 members (excludes halogenated alkanes) is 1. The maximum Gasteiger partial charge on any atom is 0.110 e. The number of rotatable bonds is 12. The van der Waals surface area contributed by atoms with Crippen LogP contribution in [0.5, 0.6) is 0 Å². The molecule has 0 aliphatic heterocycles. The van der Waals surface area contributed by atoms with Gasteiger partial charge >= 0.3 is 0 Å². The molecule has 0 spiro atoms. The fourth-order valence-corrected chi connectivity index (χ4v) is 4.94. The fourth-order valence-electron chi connectivity index (χ4n) is 4.94. The van der Waals surface area contributed by atoms with Crippen LogP contribution >= 0.6 is 0 Å². The Bertz CT molecular complexity index is 914. The van der Waals surface area contributed by atoms with Crippen LogP contribution in [0.4, 0.5) is 0 Å². The monoisotopic (exact) mass is 444 g/mol. The summed E-state index contributed by atoms with van der Waals surface area (Å²) in [7, 11) is 6.35. The Labute approximate surface area is 200 Å². The van der Waals surface area contributed by atoms with Gasteiger partial charge in [-0.25, -0.2) is 0 Å². The van der Waals surface area contributed by atoms with Crippen molar-refractivity contribution in [1.29, 1.82) is 0 Å². The predicted octanol–water partition coefficient (Wildman–Crippen LogP) is 6.33. The van der Waals surface area contributed by atoms with Crippen molar-refractivity contribution in [3.05, 3.63) is 108 Å². The van der Waals surface area contributed by atoms with Crippen LogP contribution in [0.25, 0.3) is 0 Å². The zero-order chi connectivity index (χ0) is 23.6. The quantitative estimate of drug-likeness (QED) is 0.331. The van der Waals surface area contributed by atoms with E-state index in [4.69, 9.17) is 0 Å². The van der Waals surface area contributed by atoms with Gasteiger partial charge in [0.1, 0.15) is 6.23 Å². The molecule has 0 heterocycles. The highest BCUT2D eigenvalue weighted by Crippen LogP contribution is 2.39. The van der Waals surface area contributed by atoms with Crippen molar-refractivity contribution in [2.24, 2.45) is 5.92 Å². The third-order valence-electron chi connectivity index (χ3n) is 6.68. The minimum atomic E-state index is -0.548. The summed E-state index contributed by atoms with van der Waals surface area (Å²) in [6.45, 7) is 2.22. The molecule has 3 heteroatoms. The molecule has 0 bridgehead atoms. The summed E-state index contributed by atoms with van der Waals surface area (Å²) in [5, 5.41) is 11.8. The van der Waals surface area contributed by atoms with E-state index in [-0.39, 0.29) is 18.0 Å². The highest BCUT2D eigenvalue weighted by Gasteiger charge is 2.35. The maximum atomic E-state index is 11.8. The van der Waals surface area contributed by atoms with Crippen molar-refractivity contribution >= 4 is 0 Å². The summed E-state index contributed by atoms with van der Waals surface area (Å²) >= 11 is 0. The van der Waals surface area contributed by atoms with Gasteiger partial charge < -0.3 is 10.0 Å². The molecular formula is C30H40N2O. The van der Waals surface area contributed by atoms with E-state index in [9.17, 15) is 5.11 Å². The first-order valence-corrected chi connectivity index (χ1v) is 12.2. The van der Waals surface area contributed by atoms with E-state index in [1.54, 1.807) is 0 Å². The van der Waals surface area contributed by atoms with Gasteiger partial charge in [-0.15, -0.1) is 0 Å². The van der Waals surface area contributed by atoms with E-state index in [0.29, 0.717) is 0 Å². The highest BCUT2D eigenvalue weighted by molar-refractivity contribution is 5.28. The van der Waals surface area contributed by atoms with E-state index in [2.05, 4.69) is 129 Å². The van der Waals surface area contributed by atoms with Crippen molar-refractivity contribution in [2.45, 2.75) is 50.9 Å². The topological polar surface area (TPSA) is 26.7 Å². The molecule has 3 aromatic carbocycles. The van der Waals surface area contributed by atoms with Gasteiger partial charge in [-0.3, -0.25) is 4.90 Å². The van der Waals surface area contributed by atoms with E-state index in [1.807, 2.05) is 0 Å². The number of benzene rings is 3. The Hall–Kier alpha value is -2.46. The second kappa shape index (κ2) is 12.7. The van der Waals surface area contributed by atoms with Crippen molar-refractivity contribution < 1.29 is 5.11 Å². The first-order valence-electron chi connectivity index (χ1n) is 12.2. The third kappa shape index (κ3) is 6.77.